The third-order valence-electron chi connectivity index (χ3n) is 7.20. The van der Waals surface area contributed by atoms with Crippen LogP contribution in [-0.4, -0.2) is 26.5 Å². The number of benzene rings is 2. The van der Waals surface area contributed by atoms with Gasteiger partial charge in [-0.2, -0.15) is 0 Å². The SMILES string of the molecule is CCc1ccc(-n2c(SCC(=O)Nc3cccc(C)c3C)nc3c(c2=O)C2CCCCC2S3)cc1. The molecule has 1 N–H and O–H groups in total. The number of anilines is 1. The van der Waals surface area contributed by atoms with E-state index < -0.39 is 0 Å². The molecule has 2 aromatic carbocycles. The molecule has 2 atom stereocenters. The number of carbonyl (C=O) groups is 1. The van der Waals surface area contributed by atoms with Crippen molar-refractivity contribution in [3.05, 3.63) is 75.1 Å². The number of thioether (sulfide) groups is 2. The lowest BCUT2D eigenvalue weighted by Gasteiger charge is -2.24. The molecule has 1 aliphatic heterocycles. The maximum Gasteiger partial charge on any atom is 0.263 e. The van der Waals surface area contributed by atoms with Gasteiger partial charge in [-0.3, -0.25) is 14.2 Å². The molecule has 2 heterocycles. The van der Waals surface area contributed by atoms with Crippen molar-refractivity contribution in [2.24, 2.45) is 0 Å². The smallest absolute Gasteiger partial charge is 0.263 e. The third kappa shape index (κ3) is 4.81. The minimum Gasteiger partial charge on any atom is -0.325 e. The van der Waals surface area contributed by atoms with Gasteiger partial charge >= 0.3 is 0 Å². The molecular formula is C28H31N3O2S2. The first-order chi connectivity index (χ1) is 17.0. The Morgan fingerprint density at radius 3 is 2.69 bits per heavy atom. The summed E-state index contributed by atoms with van der Waals surface area (Å²) in [5, 5.41) is 4.92. The van der Waals surface area contributed by atoms with Gasteiger partial charge in [-0.25, -0.2) is 4.98 Å². The first-order valence-electron chi connectivity index (χ1n) is 12.4. The number of aryl methyl sites for hydroxylation is 2. The van der Waals surface area contributed by atoms with Gasteiger partial charge in [0.25, 0.3) is 5.56 Å². The number of fused-ring (bicyclic) bond motifs is 3. The van der Waals surface area contributed by atoms with Gasteiger partial charge in [0.1, 0.15) is 5.03 Å². The highest BCUT2D eigenvalue weighted by atomic mass is 32.2. The van der Waals surface area contributed by atoms with Gasteiger partial charge in [0, 0.05) is 16.9 Å². The van der Waals surface area contributed by atoms with Crippen LogP contribution < -0.4 is 10.9 Å². The molecular weight excluding hydrogens is 474 g/mol. The van der Waals surface area contributed by atoms with Crippen LogP contribution in [-0.2, 0) is 11.2 Å². The summed E-state index contributed by atoms with van der Waals surface area (Å²) in [4.78, 5) is 31.7. The Bertz CT molecular complexity index is 1320. The summed E-state index contributed by atoms with van der Waals surface area (Å²) in [5.41, 5.74) is 5.96. The predicted molar refractivity (Wildman–Crippen MR) is 145 cm³/mol. The fourth-order valence-corrected chi connectivity index (χ4v) is 7.40. The van der Waals surface area contributed by atoms with Crippen molar-refractivity contribution in [3.63, 3.8) is 0 Å². The maximum atomic E-state index is 13.9. The molecule has 0 saturated heterocycles. The number of aromatic nitrogens is 2. The summed E-state index contributed by atoms with van der Waals surface area (Å²) in [6.07, 6.45) is 5.52. The Balaban J connectivity index is 1.47. The van der Waals surface area contributed by atoms with Crippen molar-refractivity contribution in [3.8, 4) is 5.69 Å². The molecule has 5 rings (SSSR count). The lowest BCUT2D eigenvalue weighted by Crippen LogP contribution is -2.29. The Morgan fingerprint density at radius 2 is 1.91 bits per heavy atom. The van der Waals surface area contributed by atoms with Gasteiger partial charge in [0.2, 0.25) is 5.91 Å². The van der Waals surface area contributed by atoms with E-state index >= 15 is 0 Å². The zero-order chi connectivity index (χ0) is 24.5. The molecule has 3 aromatic rings. The first kappa shape index (κ1) is 24.2. The van der Waals surface area contributed by atoms with Gasteiger partial charge in [0.05, 0.1) is 17.0 Å². The molecule has 1 amide bonds. The van der Waals surface area contributed by atoms with Gasteiger partial charge in [-0.15, -0.1) is 11.8 Å². The largest absolute Gasteiger partial charge is 0.325 e. The van der Waals surface area contributed by atoms with Crippen molar-refractivity contribution in [1.82, 2.24) is 9.55 Å². The molecule has 7 heteroatoms. The van der Waals surface area contributed by atoms with Crippen LogP contribution in [0.25, 0.3) is 5.69 Å². The number of hydrogen-bond acceptors (Lipinski definition) is 5. The highest BCUT2D eigenvalue weighted by Crippen LogP contribution is 2.50. The lowest BCUT2D eigenvalue weighted by atomic mass is 9.85. The molecule has 1 aromatic heterocycles. The zero-order valence-corrected chi connectivity index (χ0v) is 22.1. The van der Waals surface area contributed by atoms with E-state index in [0.29, 0.717) is 10.4 Å². The standard InChI is InChI=1S/C28H31N3O2S2/c1-4-19-12-14-20(15-13-19)31-27(33)25-21-9-5-6-11-23(21)35-26(25)30-28(31)34-16-24(32)29-22-10-7-8-17(2)18(22)3/h7-8,10,12-15,21,23H,4-6,9,11,16H2,1-3H3,(H,29,32). The Morgan fingerprint density at radius 1 is 1.14 bits per heavy atom. The predicted octanol–water partition coefficient (Wildman–Crippen LogP) is 6.27. The average Bonchev–Trinajstić information content (AvgIpc) is 3.24. The molecule has 35 heavy (non-hydrogen) atoms. The van der Waals surface area contributed by atoms with Gasteiger partial charge in [-0.05, 0) is 68.0 Å². The molecule has 2 aliphatic rings. The minimum atomic E-state index is -0.104. The molecule has 0 radical (unpaired) electrons. The van der Waals surface area contributed by atoms with E-state index in [0.717, 1.165) is 52.4 Å². The molecule has 2 unspecified atom stereocenters. The monoisotopic (exact) mass is 505 g/mol. The first-order valence-corrected chi connectivity index (χ1v) is 14.2. The van der Waals surface area contributed by atoms with Crippen LogP contribution >= 0.6 is 23.5 Å². The number of hydrogen-bond donors (Lipinski definition) is 1. The third-order valence-corrected chi connectivity index (χ3v) is 9.54. The summed E-state index contributed by atoms with van der Waals surface area (Å²) in [6, 6.07) is 14.0. The van der Waals surface area contributed by atoms with Crippen molar-refractivity contribution in [1.29, 1.82) is 0 Å². The quantitative estimate of drug-likeness (QED) is 0.243. The van der Waals surface area contributed by atoms with Crippen LogP contribution in [0.2, 0.25) is 0 Å². The Labute approximate surface area is 215 Å². The maximum absolute atomic E-state index is 13.9. The highest BCUT2D eigenvalue weighted by Gasteiger charge is 2.39. The molecule has 1 saturated carbocycles. The molecule has 5 nitrogen and oxygen atoms in total. The number of nitrogens with one attached hydrogen (secondary N) is 1. The van der Waals surface area contributed by atoms with E-state index in [1.807, 2.05) is 44.2 Å². The summed E-state index contributed by atoms with van der Waals surface area (Å²) in [5.74, 6) is 0.368. The highest BCUT2D eigenvalue weighted by molar-refractivity contribution is 8.00. The van der Waals surface area contributed by atoms with Crippen molar-refractivity contribution >= 4 is 35.1 Å². The number of nitrogens with zero attached hydrogens (tertiary/aromatic N) is 2. The Hall–Kier alpha value is -2.51. The number of carbonyl (C=O) groups excluding carboxylic acids is 1. The van der Waals surface area contributed by atoms with E-state index in [1.54, 1.807) is 16.3 Å². The van der Waals surface area contributed by atoms with Crippen molar-refractivity contribution in [2.75, 3.05) is 11.1 Å². The van der Waals surface area contributed by atoms with Crippen LogP contribution in [0, 0.1) is 13.8 Å². The molecule has 182 valence electrons. The van der Waals surface area contributed by atoms with Crippen LogP contribution in [0.1, 0.15) is 60.8 Å². The van der Waals surface area contributed by atoms with Crippen molar-refractivity contribution < 1.29 is 4.79 Å². The van der Waals surface area contributed by atoms with E-state index in [4.69, 9.17) is 4.98 Å². The van der Waals surface area contributed by atoms with E-state index in [9.17, 15) is 9.59 Å². The Kier molecular flexibility index (Phi) is 7.07. The second-order valence-electron chi connectivity index (χ2n) is 9.41. The number of amides is 1. The van der Waals surface area contributed by atoms with Crippen LogP contribution in [0.15, 0.2) is 57.4 Å². The molecule has 0 bridgehead atoms. The lowest BCUT2D eigenvalue weighted by molar-refractivity contribution is -0.113. The fourth-order valence-electron chi connectivity index (χ4n) is 5.02. The van der Waals surface area contributed by atoms with Crippen LogP contribution in [0.5, 0.6) is 0 Å². The minimum absolute atomic E-state index is 0.0265. The second kappa shape index (κ2) is 10.2. The van der Waals surface area contributed by atoms with Crippen molar-refractivity contribution in [2.45, 2.75) is 74.2 Å². The summed E-state index contributed by atoms with van der Waals surface area (Å²) < 4.78 is 1.73. The summed E-state index contributed by atoms with van der Waals surface area (Å²) in [6.45, 7) is 6.16. The zero-order valence-electron chi connectivity index (χ0n) is 20.5. The molecule has 1 aliphatic carbocycles. The number of rotatable bonds is 6. The van der Waals surface area contributed by atoms with Crippen LogP contribution in [0.3, 0.4) is 0 Å². The summed E-state index contributed by atoms with van der Waals surface area (Å²) in [7, 11) is 0. The van der Waals surface area contributed by atoms with Gasteiger partial charge < -0.3 is 5.32 Å². The van der Waals surface area contributed by atoms with E-state index in [1.165, 1.54) is 30.2 Å². The molecule has 0 spiro atoms. The fraction of sp³-hybridized carbons (Fsp3) is 0.393. The summed E-state index contributed by atoms with van der Waals surface area (Å²) >= 11 is 3.09. The molecule has 1 fully saturated rings. The van der Waals surface area contributed by atoms with E-state index in [-0.39, 0.29) is 23.1 Å². The topological polar surface area (TPSA) is 64.0 Å². The van der Waals surface area contributed by atoms with Gasteiger partial charge in [-0.1, -0.05) is 55.8 Å². The second-order valence-corrected chi connectivity index (χ2v) is 11.6. The normalized spacial score (nSPS) is 18.7. The van der Waals surface area contributed by atoms with E-state index in [2.05, 4.69) is 24.4 Å². The van der Waals surface area contributed by atoms with Gasteiger partial charge in [0.15, 0.2) is 5.16 Å². The van der Waals surface area contributed by atoms with Crippen LogP contribution in [0.4, 0.5) is 5.69 Å². The average molecular weight is 506 g/mol.